The number of anilines is 2. The largest absolute Gasteiger partial charge is 0.326 e. The van der Waals surface area contributed by atoms with Crippen LogP contribution in [0.4, 0.5) is 11.4 Å². The van der Waals surface area contributed by atoms with Gasteiger partial charge in [-0.2, -0.15) is 0 Å². The van der Waals surface area contributed by atoms with Crippen molar-refractivity contribution in [1.29, 1.82) is 0 Å². The van der Waals surface area contributed by atoms with Gasteiger partial charge in [-0.15, -0.1) is 0 Å². The molecule has 0 radical (unpaired) electrons. The number of rotatable bonds is 7. The fourth-order valence-corrected chi connectivity index (χ4v) is 5.48. The first-order chi connectivity index (χ1) is 15.3. The van der Waals surface area contributed by atoms with Crippen LogP contribution in [0.25, 0.3) is 0 Å². The number of hydrogen-bond donors (Lipinski definition) is 1. The summed E-state index contributed by atoms with van der Waals surface area (Å²) in [4.78, 5) is 12.9. The van der Waals surface area contributed by atoms with Gasteiger partial charge in [0.25, 0.3) is 10.0 Å². The molecule has 0 aliphatic heterocycles. The highest BCUT2D eigenvalue weighted by atomic mass is 32.2. The second-order valence-electron chi connectivity index (χ2n) is 8.36. The molecule has 166 valence electrons. The van der Waals surface area contributed by atoms with Crippen LogP contribution in [0.5, 0.6) is 0 Å². The number of nitrogens with zero attached hydrogens (tertiary/aromatic N) is 1. The van der Waals surface area contributed by atoms with E-state index in [1.165, 1.54) is 15.4 Å². The first-order valence-corrected chi connectivity index (χ1v) is 12.3. The van der Waals surface area contributed by atoms with Crippen molar-refractivity contribution < 1.29 is 13.2 Å². The number of sulfonamides is 1. The summed E-state index contributed by atoms with van der Waals surface area (Å²) >= 11 is 0. The second-order valence-corrected chi connectivity index (χ2v) is 10.2. The summed E-state index contributed by atoms with van der Waals surface area (Å²) in [5.41, 5.74) is 5.96. The monoisotopic (exact) mass is 448 g/mol. The van der Waals surface area contributed by atoms with E-state index in [0.717, 1.165) is 36.1 Å². The average Bonchev–Trinajstić information content (AvgIpc) is 3.23. The van der Waals surface area contributed by atoms with Crippen LogP contribution in [-0.4, -0.2) is 20.9 Å². The van der Waals surface area contributed by atoms with Crippen molar-refractivity contribution >= 4 is 27.3 Å². The molecule has 1 aliphatic carbocycles. The molecule has 0 fully saturated rings. The molecule has 0 aromatic heterocycles. The van der Waals surface area contributed by atoms with E-state index in [1.54, 1.807) is 36.4 Å². The summed E-state index contributed by atoms with van der Waals surface area (Å²) in [6.07, 6.45) is 3.33. The highest BCUT2D eigenvalue weighted by Crippen LogP contribution is 2.26. The molecule has 0 saturated carbocycles. The Morgan fingerprint density at radius 1 is 0.875 bits per heavy atom. The summed E-state index contributed by atoms with van der Waals surface area (Å²) in [5.74, 6) is -0.209. The van der Waals surface area contributed by atoms with Gasteiger partial charge in [0, 0.05) is 18.7 Å². The Labute approximate surface area is 190 Å². The molecular weight excluding hydrogens is 420 g/mol. The van der Waals surface area contributed by atoms with Gasteiger partial charge in [0.05, 0.1) is 10.6 Å². The molecule has 0 saturated heterocycles. The minimum atomic E-state index is -3.81. The van der Waals surface area contributed by atoms with E-state index in [-0.39, 0.29) is 23.8 Å². The number of hydrogen-bond acceptors (Lipinski definition) is 3. The number of amides is 1. The van der Waals surface area contributed by atoms with Crippen molar-refractivity contribution in [1.82, 2.24) is 0 Å². The summed E-state index contributed by atoms with van der Waals surface area (Å²) in [5, 5.41) is 2.93. The third kappa shape index (κ3) is 4.86. The van der Waals surface area contributed by atoms with Crippen molar-refractivity contribution in [2.24, 2.45) is 0 Å². The number of benzene rings is 3. The quantitative estimate of drug-likeness (QED) is 0.552. The maximum absolute atomic E-state index is 13.4. The first kappa shape index (κ1) is 22.1. The normalized spacial score (nSPS) is 12.9. The minimum Gasteiger partial charge on any atom is -0.326 e. The standard InChI is InChI=1S/C26H28N2O3S/c1-19-6-12-24(13-7-19)28(32(30,31)25-14-8-20(2)9-15-25)17-16-26(29)27-23-11-10-21-4-3-5-22(21)18-23/h6-15,18H,3-5,16-17H2,1-2H3,(H,27,29). The fraction of sp³-hybridized carbons (Fsp3) is 0.269. The van der Waals surface area contributed by atoms with Crippen LogP contribution < -0.4 is 9.62 Å². The lowest BCUT2D eigenvalue weighted by atomic mass is 10.1. The van der Waals surface area contributed by atoms with Crippen molar-refractivity contribution in [3.8, 4) is 0 Å². The molecule has 0 spiro atoms. The lowest BCUT2D eigenvalue weighted by Crippen LogP contribution is -2.34. The highest BCUT2D eigenvalue weighted by molar-refractivity contribution is 7.92. The summed E-state index contributed by atoms with van der Waals surface area (Å²) in [6, 6.07) is 20.1. The molecule has 0 heterocycles. The Bertz CT molecular complexity index is 1220. The smallest absolute Gasteiger partial charge is 0.264 e. The molecule has 1 amide bonds. The molecule has 32 heavy (non-hydrogen) atoms. The van der Waals surface area contributed by atoms with Crippen LogP contribution in [0.2, 0.25) is 0 Å². The Morgan fingerprint density at radius 3 is 2.19 bits per heavy atom. The number of nitrogens with one attached hydrogen (secondary N) is 1. The van der Waals surface area contributed by atoms with Crippen LogP contribution in [0.1, 0.15) is 35.1 Å². The van der Waals surface area contributed by atoms with Gasteiger partial charge in [0.2, 0.25) is 5.91 Å². The van der Waals surface area contributed by atoms with Crippen LogP contribution in [0.3, 0.4) is 0 Å². The van der Waals surface area contributed by atoms with Crippen LogP contribution in [0.15, 0.2) is 71.6 Å². The zero-order chi connectivity index (χ0) is 22.7. The molecule has 0 bridgehead atoms. The predicted octanol–water partition coefficient (Wildman–Crippen LogP) is 5.02. The van der Waals surface area contributed by atoms with Gasteiger partial charge >= 0.3 is 0 Å². The Kier molecular flexibility index (Phi) is 6.33. The summed E-state index contributed by atoms with van der Waals surface area (Å²) in [7, 11) is -3.81. The number of aryl methyl sites for hydroxylation is 4. The Hall–Kier alpha value is -3.12. The minimum absolute atomic E-state index is 0.0516. The zero-order valence-corrected chi connectivity index (χ0v) is 19.3. The van der Waals surface area contributed by atoms with Crippen LogP contribution in [-0.2, 0) is 27.7 Å². The molecule has 5 nitrogen and oxygen atoms in total. The third-order valence-corrected chi connectivity index (χ3v) is 7.70. The van der Waals surface area contributed by atoms with Gasteiger partial charge in [-0.3, -0.25) is 9.10 Å². The molecule has 1 aliphatic rings. The summed E-state index contributed by atoms with van der Waals surface area (Å²) in [6.45, 7) is 3.92. The lowest BCUT2D eigenvalue weighted by molar-refractivity contribution is -0.116. The van der Waals surface area contributed by atoms with Crippen molar-refractivity contribution in [2.45, 2.75) is 44.4 Å². The zero-order valence-electron chi connectivity index (χ0n) is 18.5. The molecule has 1 N–H and O–H groups in total. The van der Waals surface area contributed by atoms with Gasteiger partial charge in [-0.1, -0.05) is 41.5 Å². The Balaban J connectivity index is 1.53. The van der Waals surface area contributed by atoms with E-state index in [1.807, 2.05) is 38.1 Å². The first-order valence-electron chi connectivity index (χ1n) is 10.9. The van der Waals surface area contributed by atoms with Gasteiger partial charge in [0.15, 0.2) is 0 Å². The molecular formula is C26H28N2O3S. The number of carbonyl (C=O) groups is 1. The fourth-order valence-electron chi connectivity index (χ4n) is 4.01. The van der Waals surface area contributed by atoms with Gasteiger partial charge in [0.1, 0.15) is 0 Å². The van der Waals surface area contributed by atoms with Crippen molar-refractivity contribution in [3.05, 3.63) is 89.0 Å². The van der Waals surface area contributed by atoms with Gasteiger partial charge < -0.3 is 5.32 Å². The van der Waals surface area contributed by atoms with Crippen molar-refractivity contribution in [2.75, 3.05) is 16.2 Å². The van der Waals surface area contributed by atoms with E-state index in [4.69, 9.17) is 0 Å². The maximum atomic E-state index is 13.4. The van der Waals surface area contributed by atoms with Crippen LogP contribution in [0, 0.1) is 13.8 Å². The lowest BCUT2D eigenvalue weighted by Gasteiger charge is -2.24. The maximum Gasteiger partial charge on any atom is 0.264 e. The SMILES string of the molecule is Cc1ccc(N(CCC(=O)Nc2ccc3c(c2)CCC3)S(=O)(=O)c2ccc(C)cc2)cc1. The van der Waals surface area contributed by atoms with E-state index in [0.29, 0.717) is 5.69 Å². The third-order valence-electron chi connectivity index (χ3n) is 5.86. The molecule has 3 aromatic rings. The molecule has 0 unspecified atom stereocenters. The van der Waals surface area contributed by atoms with Crippen LogP contribution >= 0.6 is 0 Å². The summed E-state index contributed by atoms with van der Waals surface area (Å²) < 4.78 is 28.2. The predicted molar refractivity (Wildman–Crippen MR) is 129 cm³/mol. The van der Waals surface area contributed by atoms with Crippen molar-refractivity contribution in [3.63, 3.8) is 0 Å². The molecule has 6 heteroatoms. The van der Waals surface area contributed by atoms with E-state index < -0.39 is 10.0 Å². The molecule has 4 rings (SSSR count). The highest BCUT2D eigenvalue weighted by Gasteiger charge is 2.25. The van der Waals surface area contributed by atoms with E-state index >= 15 is 0 Å². The number of fused-ring (bicyclic) bond motifs is 1. The average molecular weight is 449 g/mol. The Morgan fingerprint density at radius 2 is 1.50 bits per heavy atom. The second kappa shape index (κ2) is 9.17. The number of carbonyl (C=O) groups excluding carboxylic acids is 1. The molecule has 3 aromatic carbocycles. The topological polar surface area (TPSA) is 66.5 Å². The van der Waals surface area contributed by atoms with E-state index in [2.05, 4.69) is 11.4 Å². The van der Waals surface area contributed by atoms with Gasteiger partial charge in [-0.25, -0.2) is 8.42 Å². The van der Waals surface area contributed by atoms with E-state index in [9.17, 15) is 13.2 Å². The van der Waals surface area contributed by atoms with Gasteiger partial charge in [-0.05, 0) is 80.6 Å². The molecule has 0 atom stereocenters.